The van der Waals surface area contributed by atoms with E-state index in [1.807, 2.05) is 19.1 Å². The average Bonchev–Trinajstić information content (AvgIpc) is 2.73. The summed E-state index contributed by atoms with van der Waals surface area (Å²) in [6.07, 6.45) is 0.666. The first-order valence-corrected chi connectivity index (χ1v) is 10.8. The van der Waals surface area contributed by atoms with Crippen LogP contribution in [-0.4, -0.2) is 20.6 Å². The third kappa shape index (κ3) is 4.18. The maximum Gasteiger partial charge on any atom is 0.331 e. The monoisotopic (exact) mass is 471 g/mol. The number of aromatic nitrogens is 2. The highest BCUT2D eigenvalue weighted by molar-refractivity contribution is 9.10. The summed E-state index contributed by atoms with van der Waals surface area (Å²) in [6, 6.07) is 14.0. The fourth-order valence-corrected chi connectivity index (χ4v) is 4.52. The third-order valence-corrected chi connectivity index (χ3v) is 6.04. The van der Waals surface area contributed by atoms with E-state index in [1.54, 1.807) is 16.7 Å². The maximum atomic E-state index is 13.3. The zero-order valence-corrected chi connectivity index (χ0v) is 18.4. The molecule has 0 atom stereocenters. The van der Waals surface area contributed by atoms with E-state index >= 15 is 0 Å². The molecule has 0 bridgehead atoms. The number of halogens is 2. The van der Waals surface area contributed by atoms with Crippen LogP contribution in [0.1, 0.15) is 29.3 Å². The molecule has 0 saturated heterocycles. The summed E-state index contributed by atoms with van der Waals surface area (Å²) >= 11 is 3.50. The first-order chi connectivity index (χ1) is 14.5. The van der Waals surface area contributed by atoms with Crippen LogP contribution in [0.2, 0.25) is 0 Å². The van der Waals surface area contributed by atoms with Crippen LogP contribution < -0.4 is 11.2 Å². The van der Waals surface area contributed by atoms with Gasteiger partial charge in [0, 0.05) is 42.8 Å². The van der Waals surface area contributed by atoms with Gasteiger partial charge in [-0.2, -0.15) is 0 Å². The molecule has 0 N–H and O–H groups in total. The fourth-order valence-electron chi connectivity index (χ4n) is 4.08. The van der Waals surface area contributed by atoms with Crippen molar-refractivity contribution in [1.29, 1.82) is 0 Å². The van der Waals surface area contributed by atoms with Gasteiger partial charge in [-0.05, 0) is 42.3 Å². The minimum atomic E-state index is -0.342. The van der Waals surface area contributed by atoms with E-state index in [9.17, 15) is 14.0 Å². The molecule has 2 aromatic carbocycles. The van der Waals surface area contributed by atoms with Crippen molar-refractivity contribution in [2.45, 2.75) is 39.5 Å². The predicted octanol–water partition coefficient (Wildman–Crippen LogP) is 3.54. The third-order valence-electron chi connectivity index (χ3n) is 5.55. The lowest BCUT2D eigenvalue weighted by Crippen LogP contribution is -2.47. The molecular formula is C23H23BrFN3O2. The fraction of sp³-hybridized carbons (Fsp3) is 0.304. The van der Waals surface area contributed by atoms with Gasteiger partial charge in [0.2, 0.25) is 0 Å². The Balaban J connectivity index is 1.69. The van der Waals surface area contributed by atoms with Crippen LogP contribution >= 0.6 is 15.9 Å². The Kier molecular flexibility index (Phi) is 6.01. The van der Waals surface area contributed by atoms with Crippen LogP contribution in [0.15, 0.2) is 62.6 Å². The second-order valence-electron chi connectivity index (χ2n) is 7.56. The SMILES string of the molecule is CCn1c2c(c(=O)n(Cc3ccc(F)cc3)c1=O)CN(Cc1cccc(Br)c1)CC2. The molecule has 0 fully saturated rings. The Morgan fingerprint density at radius 2 is 1.77 bits per heavy atom. The molecule has 0 saturated carbocycles. The van der Waals surface area contributed by atoms with Crippen LogP contribution in [0.3, 0.4) is 0 Å². The van der Waals surface area contributed by atoms with Crippen molar-refractivity contribution in [1.82, 2.24) is 14.0 Å². The molecule has 1 aliphatic rings. The zero-order valence-electron chi connectivity index (χ0n) is 16.8. The van der Waals surface area contributed by atoms with Crippen LogP contribution in [0.25, 0.3) is 0 Å². The van der Waals surface area contributed by atoms with E-state index < -0.39 is 0 Å². The number of hydrogen-bond acceptors (Lipinski definition) is 3. The lowest BCUT2D eigenvalue weighted by atomic mass is 10.0. The second-order valence-corrected chi connectivity index (χ2v) is 8.48. The lowest BCUT2D eigenvalue weighted by Gasteiger charge is -2.30. The molecule has 0 aliphatic carbocycles. The Morgan fingerprint density at radius 1 is 1.00 bits per heavy atom. The summed E-state index contributed by atoms with van der Waals surface area (Å²) in [5, 5.41) is 0. The van der Waals surface area contributed by atoms with E-state index in [-0.39, 0.29) is 23.6 Å². The van der Waals surface area contributed by atoms with Gasteiger partial charge in [-0.15, -0.1) is 0 Å². The number of benzene rings is 2. The highest BCUT2D eigenvalue weighted by Crippen LogP contribution is 2.19. The minimum Gasteiger partial charge on any atom is -0.297 e. The van der Waals surface area contributed by atoms with Crippen molar-refractivity contribution in [2.75, 3.05) is 6.54 Å². The molecule has 5 nitrogen and oxygen atoms in total. The summed E-state index contributed by atoms with van der Waals surface area (Å²) < 4.78 is 17.2. The molecule has 0 radical (unpaired) electrons. The van der Waals surface area contributed by atoms with Crippen molar-refractivity contribution in [3.8, 4) is 0 Å². The number of fused-ring (bicyclic) bond motifs is 1. The van der Waals surface area contributed by atoms with E-state index in [0.717, 1.165) is 28.8 Å². The topological polar surface area (TPSA) is 47.2 Å². The van der Waals surface area contributed by atoms with E-state index in [1.165, 1.54) is 22.3 Å². The molecule has 7 heteroatoms. The van der Waals surface area contributed by atoms with Gasteiger partial charge in [-0.3, -0.25) is 18.8 Å². The van der Waals surface area contributed by atoms with Crippen LogP contribution in [-0.2, 0) is 32.6 Å². The number of hydrogen-bond donors (Lipinski definition) is 0. The number of rotatable bonds is 5. The average molecular weight is 472 g/mol. The summed E-state index contributed by atoms with van der Waals surface area (Å²) in [4.78, 5) is 28.5. The Labute approximate surface area is 182 Å². The van der Waals surface area contributed by atoms with Crippen LogP contribution in [0.4, 0.5) is 4.39 Å². The van der Waals surface area contributed by atoms with E-state index in [2.05, 4.69) is 33.0 Å². The van der Waals surface area contributed by atoms with Gasteiger partial charge in [-0.1, -0.05) is 40.2 Å². The Hall–Kier alpha value is -2.51. The Morgan fingerprint density at radius 3 is 2.47 bits per heavy atom. The van der Waals surface area contributed by atoms with Crippen LogP contribution in [0.5, 0.6) is 0 Å². The van der Waals surface area contributed by atoms with Crippen molar-refractivity contribution in [3.05, 3.63) is 102 Å². The standard InChI is InChI=1S/C23H23BrFN3O2/c1-2-27-21-10-11-26(13-17-4-3-5-18(24)12-17)15-20(21)22(29)28(23(27)30)14-16-6-8-19(25)9-7-16/h3-9,12H,2,10-11,13-15H2,1H3. The van der Waals surface area contributed by atoms with Gasteiger partial charge in [0.25, 0.3) is 5.56 Å². The zero-order chi connectivity index (χ0) is 21.3. The van der Waals surface area contributed by atoms with Crippen molar-refractivity contribution < 1.29 is 4.39 Å². The van der Waals surface area contributed by atoms with Crippen LogP contribution in [0, 0.1) is 5.82 Å². The first-order valence-electron chi connectivity index (χ1n) is 10.0. The van der Waals surface area contributed by atoms with Gasteiger partial charge in [0.15, 0.2) is 0 Å². The molecule has 4 rings (SSSR count). The predicted molar refractivity (Wildman–Crippen MR) is 118 cm³/mol. The molecule has 0 amide bonds. The minimum absolute atomic E-state index is 0.136. The highest BCUT2D eigenvalue weighted by atomic mass is 79.9. The smallest absolute Gasteiger partial charge is 0.297 e. The van der Waals surface area contributed by atoms with Gasteiger partial charge in [-0.25, -0.2) is 9.18 Å². The van der Waals surface area contributed by atoms with E-state index in [4.69, 9.17) is 0 Å². The summed E-state index contributed by atoms with van der Waals surface area (Å²) in [5.41, 5.74) is 2.87. The summed E-state index contributed by atoms with van der Waals surface area (Å²) in [5.74, 6) is -0.342. The summed E-state index contributed by atoms with van der Waals surface area (Å²) in [7, 11) is 0. The van der Waals surface area contributed by atoms with Gasteiger partial charge in [0.1, 0.15) is 5.82 Å². The summed E-state index contributed by atoms with van der Waals surface area (Å²) in [6.45, 7) is 4.60. The lowest BCUT2D eigenvalue weighted by molar-refractivity contribution is 0.236. The Bertz CT molecular complexity index is 1180. The molecule has 1 aromatic heterocycles. The maximum absolute atomic E-state index is 13.3. The van der Waals surface area contributed by atoms with E-state index in [0.29, 0.717) is 25.1 Å². The quantitative estimate of drug-likeness (QED) is 0.571. The highest BCUT2D eigenvalue weighted by Gasteiger charge is 2.25. The molecule has 3 aromatic rings. The first kappa shape index (κ1) is 20.8. The molecule has 0 unspecified atom stereocenters. The second kappa shape index (κ2) is 8.70. The normalized spacial score (nSPS) is 14.0. The van der Waals surface area contributed by atoms with Crippen molar-refractivity contribution >= 4 is 15.9 Å². The number of nitrogens with zero attached hydrogens (tertiary/aromatic N) is 3. The largest absolute Gasteiger partial charge is 0.331 e. The van der Waals surface area contributed by atoms with Gasteiger partial charge >= 0.3 is 5.69 Å². The molecule has 30 heavy (non-hydrogen) atoms. The van der Waals surface area contributed by atoms with Gasteiger partial charge in [0.05, 0.1) is 12.1 Å². The molecular weight excluding hydrogens is 449 g/mol. The molecule has 0 spiro atoms. The molecule has 2 heterocycles. The molecule has 156 valence electrons. The van der Waals surface area contributed by atoms with Crippen molar-refractivity contribution in [2.24, 2.45) is 0 Å². The van der Waals surface area contributed by atoms with Gasteiger partial charge < -0.3 is 0 Å². The van der Waals surface area contributed by atoms with Crippen molar-refractivity contribution in [3.63, 3.8) is 0 Å². The molecule has 1 aliphatic heterocycles.